The predicted octanol–water partition coefficient (Wildman–Crippen LogP) is 0.588. The fraction of sp³-hybridized carbons (Fsp3) is 0.250. The van der Waals surface area contributed by atoms with E-state index in [0.29, 0.717) is 5.69 Å². The van der Waals surface area contributed by atoms with Crippen molar-refractivity contribution in [3.05, 3.63) is 42.1 Å². The van der Waals surface area contributed by atoms with Crippen molar-refractivity contribution < 1.29 is 10.2 Å². The van der Waals surface area contributed by atoms with E-state index in [4.69, 9.17) is 5.73 Å². The number of rotatable bonds is 3. The van der Waals surface area contributed by atoms with Crippen molar-refractivity contribution in [2.24, 2.45) is 5.73 Å². The molecule has 0 aliphatic rings. The Labute approximate surface area is 93.4 Å². The van der Waals surface area contributed by atoms with Gasteiger partial charge in [-0.15, -0.1) is 0 Å². The highest BCUT2D eigenvalue weighted by Crippen LogP contribution is 2.18. The summed E-state index contributed by atoms with van der Waals surface area (Å²) in [6, 6.07) is 11.2. The van der Waals surface area contributed by atoms with E-state index in [-0.39, 0.29) is 6.54 Å². The number of aliphatic hydroxyl groups is 2. The van der Waals surface area contributed by atoms with Crippen LogP contribution in [0.5, 0.6) is 0 Å². The van der Waals surface area contributed by atoms with Gasteiger partial charge in [0.25, 0.3) is 0 Å². The summed E-state index contributed by atoms with van der Waals surface area (Å²) >= 11 is 0. The molecule has 0 saturated carbocycles. The second kappa shape index (κ2) is 4.57. The zero-order valence-electron chi connectivity index (χ0n) is 8.74. The van der Waals surface area contributed by atoms with E-state index >= 15 is 0 Å². The Morgan fingerprint density at radius 3 is 2.62 bits per heavy atom. The highest BCUT2D eigenvalue weighted by molar-refractivity contribution is 5.78. The Morgan fingerprint density at radius 1 is 1.12 bits per heavy atom. The van der Waals surface area contributed by atoms with Gasteiger partial charge in [-0.25, -0.2) is 4.98 Å². The fourth-order valence-electron chi connectivity index (χ4n) is 1.57. The molecular formula is C12H14N2O2. The zero-order valence-corrected chi connectivity index (χ0v) is 8.74. The summed E-state index contributed by atoms with van der Waals surface area (Å²) < 4.78 is 0. The minimum absolute atomic E-state index is 0.00960. The van der Waals surface area contributed by atoms with Crippen LogP contribution in [0.1, 0.15) is 11.8 Å². The first-order chi connectivity index (χ1) is 7.72. The number of hydrogen-bond acceptors (Lipinski definition) is 4. The molecule has 4 heteroatoms. The maximum atomic E-state index is 9.76. The molecule has 16 heavy (non-hydrogen) atoms. The molecule has 1 aromatic heterocycles. The van der Waals surface area contributed by atoms with Gasteiger partial charge in [-0.05, 0) is 12.1 Å². The first-order valence-electron chi connectivity index (χ1n) is 5.14. The zero-order chi connectivity index (χ0) is 11.5. The number of nitrogens with two attached hydrogens (primary N) is 1. The van der Waals surface area contributed by atoms with Crippen molar-refractivity contribution in [3.63, 3.8) is 0 Å². The summed E-state index contributed by atoms with van der Waals surface area (Å²) in [6.45, 7) is 0.00960. The Morgan fingerprint density at radius 2 is 1.88 bits per heavy atom. The average Bonchev–Trinajstić information content (AvgIpc) is 2.36. The number of para-hydroxylation sites is 1. The van der Waals surface area contributed by atoms with Crippen molar-refractivity contribution in [2.75, 3.05) is 6.54 Å². The summed E-state index contributed by atoms with van der Waals surface area (Å²) in [5.74, 6) is 0. The molecule has 1 heterocycles. The molecule has 2 unspecified atom stereocenters. The molecule has 0 aliphatic carbocycles. The van der Waals surface area contributed by atoms with Gasteiger partial charge in [-0.1, -0.05) is 24.3 Å². The van der Waals surface area contributed by atoms with Crippen LogP contribution in [-0.2, 0) is 0 Å². The van der Waals surface area contributed by atoms with Crippen LogP contribution in [0.2, 0.25) is 0 Å². The van der Waals surface area contributed by atoms with Crippen LogP contribution in [0.15, 0.2) is 36.4 Å². The highest BCUT2D eigenvalue weighted by atomic mass is 16.3. The SMILES string of the molecule is NCC(O)C(O)c1ccc2ccccc2n1. The number of benzene rings is 1. The lowest BCUT2D eigenvalue weighted by atomic mass is 10.1. The van der Waals surface area contributed by atoms with Crippen molar-refractivity contribution in [2.45, 2.75) is 12.2 Å². The van der Waals surface area contributed by atoms with E-state index < -0.39 is 12.2 Å². The van der Waals surface area contributed by atoms with Crippen molar-refractivity contribution in [1.82, 2.24) is 4.98 Å². The maximum Gasteiger partial charge on any atom is 0.123 e. The monoisotopic (exact) mass is 218 g/mol. The molecule has 0 bridgehead atoms. The van der Waals surface area contributed by atoms with Gasteiger partial charge in [0, 0.05) is 11.9 Å². The van der Waals surface area contributed by atoms with Gasteiger partial charge in [0.05, 0.1) is 17.3 Å². The highest BCUT2D eigenvalue weighted by Gasteiger charge is 2.18. The van der Waals surface area contributed by atoms with E-state index in [1.54, 1.807) is 6.07 Å². The number of hydrogen-bond donors (Lipinski definition) is 3. The van der Waals surface area contributed by atoms with Crippen molar-refractivity contribution in [3.8, 4) is 0 Å². The average molecular weight is 218 g/mol. The minimum Gasteiger partial charge on any atom is -0.389 e. The van der Waals surface area contributed by atoms with Gasteiger partial charge in [-0.3, -0.25) is 0 Å². The minimum atomic E-state index is -1.03. The lowest BCUT2D eigenvalue weighted by molar-refractivity contribution is 0.0219. The summed E-state index contributed by atoms with van der Waals surface area (Å²) in [5, 5.41) is 20.2. The van der Waals surface area contributed by atoms with Crippen LogP contribution in [-0.4, -0.2) is 27.8 Å². The molecule has 2 aromatic rings. The normalized spacial score (nSPS) is 14.9. The standard InChI is InChI=1S/C12H14N2O2/c13-7-11(15)12(16)10-6-5-8-3-1-2-4-9(8)14-10/h1-6,11-12,15-16H,7,13H2. The molecule has 0 fully saturated rings. The van der Waals surface area contributed by atoms with Crippen LogP contribution >= 0.6 is 0 Å². The summed E-state index contributed by atoms with van der Waals surface area (Å²) in [4.78, 5) is 4.28. The van der Waals surface area contributed by atoms with Gasteiger partial charge in [0.1, 0.15) is 6.10 Å². The van der Waals surface area contributed by atoms with Crippen LogP contribution in [0, 0.1) is 0 Å². The molecule has 4 N–H and O–H groups in total. The topological polar surface area (TPSA) is 79.4 Å². The number of fused-ring (bicyclic) bond motifs is 1. The number of nitrogens with zero attached hydrogens (tertiary/aromatic N) is 1. The number of aliphatic hydroxyl groups excluding tert-OH is 2. The fourth-order valence-corrected chi connectivity index (χ4v) is 1.57. The van der Waals surface area contributed by atoms with E-state index in [2.05, 4.69) is 4.98 Å². The van der Waals surface area contributed by atoms with Gasteiger partial charge in [0.15, 0.2) is 0 Å². The largest absolute Gasteiger partial charge is 0.389 e. The molecule has 0 aliphatic heterocycles. The van der Waals surface area contributed by atoms with Crippen LogP contribution < -0.4 is 5.73 Å². The van der Waals surface area contributed by atoms with E-state index in [0.717, 1.165) is 10.9 Å². The van der Waals surface area contributed by atoms with Gasteiger partial charge >= 0.3 is 0 Å². The molecule has 84 valence electrons. The smallest absolute Gasteiger partial charge is 0.123 e. The van der Waals surface area contributed by atoms with E-state index in [1.807, 2.05) is 30.3 Å². The molecule has 4 nitrogen and oxygen atoms in total. The molecule has 2 rings (SSSR count). The molecule has 0 amide bonds. The summed E-state index contributed by atoms with van der Waals surface area (Å²) in [6.07, 6.45) is -2.01. The van der Waals surface area contributed by atoms with Gasteiger partial charge < -0.3 is 15.9 Å². The van der Waals surface area contributed by atoms with Crippen LogP contribution in [0.4, 0.5) is 0 Å². The van der Waals surface area contributed by atoms with Gasteiger partial charge in [-0.2, -0.15) is 0 Å². The molecule has 1 aromatic carbocycles. The Hall–Kier alpha value is -1.49. The van der Waals surface area contributed by atoms with Crippen LogP contribution in [0.3, 0.4) is 0 Å². The molecule has 0 radical (unpaired) electrons. The van der Waals surface area contributed by atoms with Crippen molar-refractivity contribution in [1.29, 1.82) is 0 Å². The lowest BCUT2D eigenvalue weighted by Crippen LogP contribution is -2.27. The predicted molar refractivity (Wildman–Crippen MR) is 61.8 cm³/mol. The number of pyridine rings is 1. The maximum absolute atomic E-state index is 9.76. The summed E-state index contributed by atoms with van der Waals surface area (Å²) in [7, 11) is 0. The third-order valence-corrected chi connectivity index (χ3v) is 2.53. The first-order valence-corrected chi connectivity index (χ1v) is 5.14. The Kier molecular flexibility index (Phi) is 3.14. The third-order valence-electron chi connectivity index (χ3n) is 2.53. The molecule has 0 saturated heterocycles. The van der Waals surface area contributed by atoms with E-state index in [9.17, 15) is 10.2 Å². The molecule has 0 spiro atoms. The Balaban J connectivity index is 2.39. The summed E-state index contributed by atoms with van der Waals surface area (Å²) in [5.41, 5.74) is 6.52. The Bertz CT molecular complexity index is 487. The molecular weight excluding hydrogens is 204 g/mol. The molecule has 2 atom stereocenters. The van der Waals surface area contributed by atoms with Gasteiger partial charge in [0.2, 0.25) is 0 Å². The second-order valence-electron chi connectivity index (χ2n) is 3.68. The van der Waals surface area contributed by atoms with Crippen LogP contribution in [0.25, 0.3) is 10.9 Å². The lowest BCUT2D eigenvalue weighted by Gasteiger charge is -2.15. The quantitative estimate of drug-likeness (QED) is 0.704. The van der Waals surface area contributed by atoms with E-state index in [1.165, 1.54) is 0 Å². The number of aromatic nitrogens is 1. The third kappa shape index (κ3) is 2.04. The second-order valence-corrected chi connectivity index (χ2v) is 3.68. The first kappa shape index (κ1) is 11.0. The van der Waals surface area contributed by atoms with Crippen molar-refractivity contribution >= 4 is 10.9 Å².